The minimum Gasteiger partial charge on any atom is -0.496 e. The van der Waals surface area contributed by atoms with Gasteiger partial charge in [0.25, 0.3) is 0 Å². The van der Waals surface area contributed by atoms with Crippen LogP contribution in [-0.4, -0.2) is 25.4 Å². The number of pyridine rings is 1. The number of ether oxygens (including phenoxy) is 2. The zero-order valence-corrected chi connectivity index (χ0v) is 13.4. The Balaban J connectivity index is 2.06. The molecule has 0 spiro atoms. The van der Waals surface area contributed by atoms with Gasteiger partial charge in [-0.1, -0.05) is 11.2 Å². The third kappa shape index (κ3) is 4.42. The molecule has 0 fully saturated rings. The zero-order chi connectivity index (χ0) is 16.7. The number of aromatic nitrogens is 1. The number of rotatable bonds is 7. The predicted molar refractivity (Wildman–Crippen MR) is 85.7 cm³/mol. The highest BCUT2D eigenvalue weighted by Crippen LogP contribution is 2.28. The number of methoxy groups -OCH3 is 2. The lowest BCUT2D eigenvalue weighted by atomic mass is 10.2. The summed E-state index contributed by atoms with van der Waals surface area (Å²) in [5.41, 5.74) is 2.60. The fourth-order valence-corrected chi connectivity index (χ4v) is 2.17. The zero-order valence-electron chi connectivity index (χ0n) is 13.4. The van der Waals surface area contributed by atoms with E-state index in [-0.39, 0.29) is 6.61 Å². The molecule has 0 saturated carbocycles. The summed E-state index contributed by atoms with van der Waals surface area (Å²) in [6.07, 6.45) is 1.45. The van der Waals surface area contributed by atoms with Crippen molar-refractivity contribution in [3.05, 3.63) is 52.8 Å². The lowest BCUT2D eigenvalue weighted by Gasteiger charge is -2.11. The van der Waals surface area contributed by atoms with Crippen LogP contribution in [0.25, 0.3) is 0 Å². The normalized spacial score (nSPS) is 10.8. The molecule has 0 N–H and O–H groups in total. The highest BCUT2D eigenvalue weighted by Gasteiger charge is 2.10. The van der Waals surface area contributed by atoms with E-state index >= 15 is 0 Å². The average molecular weight is 318 g/mol. The Kier molecular flexibility index (Phi) is 5.91. The number of halogens is 1. The second-order valence-electron chi connectivity index (χ2n) is 4.84. The maximum absolute atomic E-state index is 12.7. The van der Waals surface area contributed by atoms with E-state index in [0.717, 1.165) is 11.1 Å². The van der Waals surface area contributed by atoms with Gasteiger partial charge in [-0.3, -0.25) is 0 Å². The van der Waals surface area contributed by atoms with Crippen molar-refractivity contribution in [3.63, 3.8) is 0 Å². The summed E-state index contributed by atoms with van der Waals surface area (Å²) in [6, 6.07) is 8.97. The number of oxime groups is 1. The van der Waals surface area contributed by atoms with E-state index in [1.165, 1.54) is 6.21 Å². The quantitative estimate of drug-likeness (QED) is 0.580. The summed E-state index contributed by atoms with van der Waals surface area (Å²) in [4.78, 5) is 9.41. The molecule has 1 aromatic heterocycles. The summed E-state index contributed by atoms with van der Waals surface area (Å²) in [6.45, 7) is 1.45. The van der Waals surface area contributed by atoms with Crippen LogP contribution in [0.2, 0.25) is 0 Å². The van der Waals surface area contributed by atoms with Gasteiger partial charge in [0.2, 0.25) is 0 Å². The van der Waals surface area contributed by atoms with E-state index in [1.807, 2.05) is 25.1 Å². The van der Waals surface area contributed by atoms with Gasteiger partial charge in [-0.2, -0.15) is 0 Å². The molecule has 6 heteroatoms. The third-order valence-corrected chi connectivity index (χ3v) is 3.18. The van der Waals surface area contributed by atoms with E-state index in [4.69, 9.17) is 14.3 Å². The van der Waals surface area contributed by atoms with E-state index in [0.29, 0.717) is 22.9 Å². The predicted octanol–water partition coefficient (Wildman–Crippen LogP) is 3.43. The maximum atomic E-state index is 12.7. The Labute approximate surface area is 134 Å². The molecule has 1 aromatic carbocycles. The smallest absolute Gasteiger partial charge is 0.149 e. The molecule has 2 aromatic rings. The minimum absolute atomic E-state index is 0.186. The molecule has 0 bridgehead atoms. The van der Waals surface area contributed by atoms with E-state index in [1.54, 1.807) is 26.4 Å². The van der Waals surface area contributed by atoms with Gasteiger partial charge >= 0.3 is 0 Å². The number of hydrogen-bond acceptors (Lipinski definition) is 5. The van der Waals surface area contributed by atoms with Crippen molar-refractivity contribution in [3.8, 4) is 11.5 Å². The van der Waals surface area contributed by atoms with Crippen LogP contribution in [0.1, 0.15) is 22.5 Å². The molecular formula is C17H19FN2O3. The molecule has 0 aliphatic heterocycles. The lowest BCUT2D eigenvalue weighted by Crippen LogP contribution is -1.98. The van der Waals surface area contributed by atoms with Gasteiger partial charge < -0.3 is 14.3 Å². The number of alkyl halides is 1. The Morgan fingerprint density at radius 3 is 2.48 bits per heavy atom. The molecule has 122 valence electrons. The van der Waals surface area contributed by atoms with Gasteiger partial charge in [-0.15, -0.1) is 0 Å². The van der Waals surface area contributed by atoms with Gasteiger partial charge in [0.1, 0.15) is 24.8 Å². The molecule has 0 saturated heterocycles. The van der Waals surface area contributed by atoms with Gasteiger partial charge in [0, 0.05) is 0 Å². The molecule has 0 aliphatic rings. The van der Waals surface area contributed by atoms with Crippen molar-refractivity contribution in [2.24, 2.45) is 5.16 Å². The Bertz CT molecular complexity index is 667. The number of hydrogen-bond donors (Lipinski definition) is 0. The van der Waals surface area contributed by atoms with Crippen LogP contribution >= 0.6 is 0 Å². The number of aryl methyl sites for hydroxylation is 1. The fourth-order valence-electron chi connectivity index (χ4n) is 2.17. The molecular weight excluding hydrogens is 299 g/mol. The van der Waals surface area contributed by atoms with Crippen LogP contribution in [0.4, 0.5) is 4.39 Å². The Morgan fingerprint density at radius 1 is 1.17 bits per heavy atom. The van der Waals surface area contributed by atoms with Gasteiger partial charge in [0.05, 0.1) is 37.4 Å². The first-order chi connectivity index (χ1) is 11.2. The average Bonchev–Trinajstić information content (AvgIpc) is 2.57. The van der Waals surface area contributed by atoms with E-state index < -0.39 is 6.67 Å². The van der Waals surface area contributed by atoms with Crippen molar-refractivity contribution in [1.82, 2.24) is 4.98 Å². The van der Waals surface area contributed by atoms with Gasteiger partial charge in [-0.25, -0.2) is 9.37 Å². The Morgan fingerprint density at radius 2 is 1.87 bits per heavy atom. The largest absolute Gasteiger partial charge is 0.496 e. The molecule has 1 heterocycles. The van der Waals surface area contributed by atoms with E-state index in [2.05, 4.69) is 10.1 Å². The van der Waals surface area contributed by atoms with Crippen LogP contribution < -0.4 is 9.47 Å². The molecule has 0 radical (unpaired) electrons. The topological polar surface area (TPSA) is 52.9 Å². The monoisotopic (exact) mass is 318 g/mol. The molecule has 2 rings (SSSR count). The highest BCUT2D eigenvalue weighted by molar-refractivity contribution is 5.76. The molecule has 0 unspecified atom stereocenters. The maximum Gasteiger partial charge on any atom is 0.149 e. The number of benzene rings is 1. The molecule has 0 atom stereocenters. The second kappa shape index (κ2) is 8.12. The van der Waals surface area contributed by atoms with Crippen molar-refractivity contribution in [2.45, 2.75) is 20.2 Å². The van der Waals surface area contributed by atoms with Crippen molar-refractivity contribution < 1.29 is 18.7 Å². The van der Waals surface area contributed by atoms with Crippen LogP contribution in [0.3, 0.4) is 0 Å². The lowest BCUT2D eigenvalue weighted by molar-refractivity contribution is 0.127. The first-order valence-electron chi connectivity index (χ1n) is 7.06. The summed E-state index contributed by atoms with van der Waals surface area (Å²) in [7, 11) is 3.16. The molecule has 0 aliphatic carbocycles. The van der Waals surface area contributed by atoms with E-state index in [9.17, 15) is 4.39 Å². The van der Waals surface area contributed by atoms with Crippen LogP contribution in [0.5, 0.6) is 11.5 Å². The summed E-state index contributed by atoms with van der Waals surface area (Å²) >= 11 is 0. The Hall–Kier alpha value is -2.63. The fraction of sp³-hybridized carbons (Fsp3) is 0.294. The van der Waals surface area contributed by atoms with Crippen molar-refractivity contribution in [1.29, 1.82) is 0 Å². The van der Waals surface area contributed by atoms with Crippen LogP contribution in [-0.2, 0) is 18.1 Å². The SMILES string of the molecule is COc1cccc(OC)c1CO/N=C/c1cc(C)cc(CF)n1. The minimum atomic E-state index is -0.609. The molecule has 0 amide bonds. The summed E-state index contributed by atoms with van der Waals surface area (Å²) in [5, 5.41) is 3.88. The van der Waals surface area contributed by atoms with Crippen LogP contribution in [0, 0.1) is 6.92 Å². The van der Waals surface area contributed by atoms with Crippen LogP contribution in [0.15, 0.2) is 35.5 Å². The number of nitrogens with zero attached hydrogens (tertiary/aromatic N) is 2. The standard InChI is InChI=1S/C17H19FN2O3/c1-12-7-13(9-18)20-14(8-12)10-19-23-11-15-16(21-2)5-4-6-17(15)22-3/h4-8,10H,9,11H2,1-3H3/b19-10+. The third-order valence-electron chi connectivity index (χ3n) is 3.18. The van der Waals surface area contributed by atoms with Crippen molar-refractivity contribution >= 4 is 6.21 Å². The first kappa shape index (κ1) is 16.7. The molecule has 23 heavy (non-hydrogen) atoms. The highest BCUT2D eigenvalue weighted by atomic mass is 19.1. The van der Waals surface area contributed by atoms with Crippen molar-refractivity contribution in [2.75, 3.05) is 14.2 Å². The van der Waals surface area contributed by atoms with Gasteiger partial charge in [-0.05, 0) is 36.8 Å². The molecule has 5 nitrogen and oxygen atoms in total. The summed E-state index contributed by atoms with van der Waals surface area (Å²) < 4.78 is 23.3. The first-order valence-corrected chi connectivity index (χ1v) is 7.06. The summed E-state index contributed by atoms with van der Waals surface area (Å²) in [5.74, 6) is 1.32. The second-order valence-corrected chi connectivity index (χ2v) is 4.84. The van der Waals surface area contributed by atoms with Gasteiger partial charge in [0.15, 0.2) is 0 Å².